The van der Waals surface area contributed by atoms with Crippen LogP contribution in [0.15, 0.2) is 0 Å². The van der Waals surface area contributed by atoms with E-state index in [2.05, 4.69) is 0 Å². The van der Waals surface area contributed by atoms with Crippen molar-refractivity contribution in [1.82, 2.24) is 10.2 Å². The number of hydrogen-bond donors (Lipinski definition) is 1. The van der Waals surface area contributed by atoms with E-state index in [1.54, 1.807) is 0 Å². The van der Waals surface area contributed by atoms with Crippen LogP contribution in [0.2, 0.25) is 0 Å². The van der Waals surface area contributed by atoms with Crippen molar-refractivity contribution >= 4 is 11.8 Å². The first-order valence-electron chi connectivity index (χ1n) is 5.90. The van der Waals surface area contributed by atoms with Crippen molar-refractivity contribution in [2.75, 3.05) is 13.1 Å². The third-order valence-corrected chi connectivity index (χ3v) is 2.85. The number of carbonyl (C=O) groups excluding carboxylic acids is 2. The molecule has 0 aromatic carbocycles. The number of nitrogens with zero attached hydrogens (tertiary/aromatic N) is 1. The number of ketones is 1. The Morgan fingerprint density at radius 2 is 2.00 bits per heavy atom. The first kappa shape index (κ1) is 14.8. The second-order valence-electron chi connectivity index (χ2n) is 4.52. The number of carbonyl (C=O) groups is 2. The quantitative estimate of drug-likeness (QED) is 0.850. The van der Waals surface area contributed by atoms with Crippen LogP contribution >= 0.6 is 0 Å². The van der Waals surface area contributed by atoms with Crippen molar-refractivity contribution in [3.63, 3.8) is 0 Å². The van der Waals surface area contributed by atoms with Gasteiger partial charge in [-0.05, 0) is 26.2 Å². The van der Waals surface area contributed by atoms with E-state index in [0.717, 1.165) is 12.8 Å². The minimum atomic E-state index is -4.42. The molecule has 0 bridgehead atoms. The smallest absolute Gasteiger partial charge is 0.329 e. The zero-order chi connectivity index (χ0) is 13.8. The topological polar surface area (TPSA) is 49.4 Å². The lowest BCUT2D eigenvalue weighted by Gasteiger charge is -2.35. The van der Waals surface area contributed by atoms with E-state index >= 15 is 0 Å². The second kappa shape index (κ2) is 6.06. The van der Waals surface area contributed by atoms with Crippen molar-refractivity contribution in [2.45, 2.75) is 44.8 Å². The first-order valence-corrected chi connectivity index (χ1v) is 5.90. The molecule has 1 aliphatic heterocycles. The number of amides is 2. The molecule has 1 fully saturated rings. The van der Waals surface area contributed by atoms with E-state index in [4.69, 9.17) is 0 Å². The number of nitrogens with one attached hydrogen (secondary N) is 1. The van der Waals surface area contributed by atoms with Crippen LogP contribution in [0.25, 0.3) is 0 Å². The highest BCUT2D eigenvalue weighted by Crippen LogP contribution is 2.20. The molecule has 1 saturated heterocycles. The molecule has 0 saturated carbocycles. The molecule has 1 atom stereocenters. The van der Waals surface area contributed by atoms with Gasteiger partial charge in [0.05, 0.1) is 0 Å². The maximum Gasteiger partial charge on any atom is 0.405 e. The number of alkyl halides is 3. The van der Waals surface area contributed by atoms with Crippen LogP contribution in [0.4, 0.5) is 18.0 Å². The summed E-state index contributed by atoms with van der Waals surface area (Å²) in [6.45, 7) is 0.483. The van der Waals surface area contributed by atoms with Gasteiger partial charge in [-0.1, -0.05) is 0 Å². The van der Waals surface area contributed by atoms with Crippen LogP contribution in [0.3, 0.4) is 0 Å². The molecular formula is C11H17F3N2O2. The number of Topliss-reactive ketones (excluding diaryl/α,β-unsaturated/α-hetero) is 1. The molecular weight excluding hydrogens is 249 g/mol. The Morgan fingerprint density at radius 1 is 1.33 bits per heavy atom. The highest BCUT2D eigenvalue weighted by molar-refractivity contribution is 5.78. The van der Waals surface area contributed by atoms with Crippen LogP contribution in [-0.4, -0.2) is 42.0 Å². The van der Waals surface area contributed by atoms with E-state index in [9.17, 15) is 22.8 Å². The fraction of sp³-hybridized carbons (Fsp3) is 0.818. The van der Waals surface area contributed by atoms with Gasteiger partial charge in [-0.3, -0.25) is 4.79 Å². The maximum absolute atomic E-state index is 12.0. The Morgan fingerprint density at radius 3 is 2.56 bits per heavy atom. The maximum atomic E-state index is 12.0. The summed E-state index contributed by atoms with van der Waals surface area (Å²) in [7, 11) is 0. The molecule has 0 aromatic rings. The molecule has 1 unspecified atom stereocenters. The molecule has 1 heterocycles. The van der Waals surface area contributed by atoms with E-state index in [0.29, 0.717) is 13.0 Å². The highest BCUT2D eigenvalue weighted by atomic mass is 19.4. The van der Waals surface area contributed by atoms with E-state index in [1.807, 2.05) is 5.32 Å². The molecule has 2 amide bonds. The predicted octanol–water partition coefficient (Wildman–Crippen LogP) is 2.09. The summed E-state index contributed by atoms with van der Waals surface area (Å²) in [5.74, 6) is -0.0597. The molecule has 1 N–H and O–H groups in total. The Balaban J connectivity index is 2.54. The summed E-state index contributed by atoms with van der Waals surface area (Å²) in [5.41, 5.74) is 0. The van der Waals surface area contributed by atoms with Gasteiger partial charge in [-0.15, -0.1) is 0 Å². The van der Waals surface area contributed by atoms with Gasteiger partial charge in [0, 0.05) is 19.0 Å². The standard InChI is InChI=1S/C11H17F3N2O2/c1-8(17)6-9-4-2-3-5-16(9)10(18)15-7-11(12,13)14/h9H,2-7H2,1H3,(H,15,18). The number of rotatable bonds is 3. The third-order valence-electron chi connectivity index (χ3n) is 2.85. The minimum Gasteiger partial charge on any atom is -0.329 e. The molecule has 0 radical (unpaired) electrons. The lowest BCUT2D eigenvalue weighted by molar-refractivity contribution is -0.124. The van der Waals surface area contributed by atoms with Gasteiger partial charge in [-0.2, -0.15) is 13.2 Å². The monoisotopic (exact) mass is 266 g/mol. The van der Waals surface area contributed by atoms with Crippen molar-refractivity contribution < 1.29 is 22.8 Å². The van der Waals surface area contributed by atoms with Crippen molar-refractivity contribution in [1.29, 1.82) is 0 Å². The molecule has 7 heteroatoms. The molecule has 4 nitrogen and oxygen atoms in total. The van der Waals surface area contributed by atoms with Crippen LogP contribution in [0.1, 0.15) is 32.6 Å². The van der Waals surface area contributed by atoms with Crippen LogP contribution in [-0.2, 0) is 4.79 Å². The highest BCUT2D eigenvalue weighted by Gasteiger charge is 2.32. The number of likely N-dealkylation sites (tertiary alicyclic amines) is 1. The molecule has 0 aliphatic carbocycles. The summed E-state index contributed by atoms with van der Waals surface area (Å²) in [5, 5.41) is 1.85. The van der Waals surface area contributed by atoms with Crippen LogP contribution < -0.4 is 5.32 Å². The lowest BCUT2D eigenvalue weighted by Crippen LogP contribution is -2.50. The van der Waals surface area contributed by atoms with Gasteiger partial charge in [0.1, 0.15) is 12.3 Å². The Bertz CT molecular complexity index is 318. The zero-order valence-corrected chi connectivity index (χ0v) is 10.2. The zero-order valence-electron chi connectivity index (χ0n) is 10.2. The second-order valence-corrected chi connectivity index (χ2v) is 4.52. The molecule has 1 aliphatic rings. The average Bonchev–Trinajstić information content (AvgIpc) is 2.25. The Labute approximate surface area is 104 Å². The first-order chi connectivity index (χ1) is 8.29. The van der Waals surface area contributed by atoms with Crippen LogP contribution in [0, 0.1) is 0 Å². The molecule has 18 heavy (non-hydrogen) atoms. The third kappa shape index (κ3) is 4.93. The SMILES string of the molecule is CC(=O)CC1CCCCN1C(=O)NCC(F)(F)F. The van der Waals surface area contributed by atoms with Gasteiger partial charge in [0.2, 0.25) is 0 Å². The summed E-state index contributed by atoms with van der Waals surface area (Å²) < 4.78 is 36.0. The number of urea groups is 1. The molecule has 1 rings (SSSR count). The van der Waals surface area contributed by atoms with Crippen molar-refractivity contribution in [3.8, 4) is 0 Å². The van der Waals surface area contributed by atoms with E-state index in [1.165, 1.54) is 11.8 Å². The summed E-state index contributed by atoms with van der Waals surface area (Å²) in [6, 6.07) is -1.01. The molecule has 0 aromatic heterocycles. The molecule has 0 spiro atoms. The lowest BCUT2D eigenvalue weighted by atomic mass is 9.98. The van der Waals surface area contributed by atoms with Gasteiger partial charge in [0.25, 0.3) is 0 Å². The summed E-state index contributed by atoms with van der Waals surface area (Å²) in [4.78, 5) is 24.0. The van der Waals surface area contributed by atoms with E-state index in [-0.39, 0.29) is 18.2 Å². The number of hydrogen-bond acceptors (Lipinski definition) is 2. The minimum absolute atomic E-state index is 0.0597. The van der Waals surface area contributed by atoms with Gasteiger partial charge >= 0.3 is 12.2 Å². The van der Waals surface area contributed by atoms with Crippen LogP contribution in [0.5, 0.6) is 0 Å². The van der Waals surface area contributed by atoms with Crippen molar-refractivity contribution in [3.05, 3.63) is 0 Å². The normalized spacial score (nSPS) is 20.7. The number of halogens is 3. The summed E-state index contributed by atoms with van der Waals surface area (Å²) >= 11 is 0. The van der Waals surface area contributed by atoms with Gasteiger partial charge in [0.15, 0.2) is 0 Å². The largest absolute Gasteiger partial charge is 0.405 e. The fourth-order valence-corrected chi connectivity index (χ4v) is 2.09. The predicted molar refractivity (Wildman–Crippen MR) is 59.1 cm³/mol. The van der Waals surface area contributed by atoms with Gasteiger partial charge in [-0.25, -0.2) is 4.79 Å². The number of piperidine rings is 1. The van der Waals surface area contributed by atoms with Gasteiger partial charge < -0.3 is 10.2 Å². The van der Waals surface area contributed by atoms with E-state index < -0.39 is 18.8 Å². The summed E-state index contributed by atoms with van der Waals surface area (Å²) in [6.07, 6.45) is -1.89. The molecule has 104 valence electrons. The van der Waals surface area contributed by atoms with Crippen molar-refractivity contribution in [2.24, 2.45) is 0 Å². The Kier molecular flexibility index (Phi) is 4.98. The Hall–Kier alpha value is -1.27. The fourth-order valence-electron chi connectivity index (χ4n) is 2.09. The average molecular weight is 266 g/mol.